The van der Waals surface area contributed by atoms with Crippen LogP contribution in [0.2, 0.25) is 0 Å². The highest BCUT2D eigenvalue weighted by Crippen LogP contribution is 1.78. The molecule has 0 aliphatic heterocycles. The largest absolute Gasteiger partial charge is 0.251 e. The zero-order valence-electron chi connectivity index (χ0n) is 3.85. The maximum atomic E-state index is 11.1. The molecule has 0 rings (SSSR count). The van der Waals surface area contributed by atoms with Gasteiger partial charge in [0.1, 0.15) is 0 Å². The molecule has 0 aromatic rings. The summed E-state index contributed by atoms with van der Waals surface area (Å²) < 4.78 is 11.1. The molecule has 0 saturated heterocycles. The van der Waals surface area contributed by atoms with Crippen molar-refractivity contribution in [3.8, 4) is 0 Å². The monoisotopic (exact) mass is 103 g/mol. The first kappa shape index (κ1) is 6.31. The Kier molecular flexibility index (Phi) is 4.79. The van der Waals surface area contributed by atoms with Gasteiger partial charge in [-0.05, 0) is 6.42 Å². The average molecular weight is 103 g/mol. The maximum Gasteiger partial charge on any atom is 0.234 e. The molecule has 0 aliphatic rings. The number of aliphatic imine (C=N–C) groups is 1. The second-order valence-electron chi connectivity index (χ2n) is 1.02. The van der Waals surface area contributed by atoms with E-state index in [4.69, 9.17) is 0 Å². The van der Waals surface area contributed by atoms with Crippen molar-refractivity contribution < 1.29 is 9.18 Å². The number of hydrogen-bond donors (Lipinski definition) is 0. The molecule has 0 unspecified atom stereocenters. The third-order valence-electron chi connectivity index (χ3n) is 0.468. The Morgan fingerprint density at radius 2 is 2.43 bits per heavy atom. The molecule has 0 aromatic heterocycles. The van der Waals surface area contributed by atoms with Gasteiger partial charge in [-0.1, -0.05) is 0 Å². The molecular weight excluding hydrogens is 97.0 g/mol. The molecule has 0 aliphatic carbocycles. The smallest absolute Gasteiger partial charge is 0.234 e. The maximum absolute atomic E-state index is 11.1. The van der Waals surface area contributed by atoms with Crippen LogP contribution in [0.5, 0.6) is 0 Å². The number of rotatable bonds is 3. The summed E-state index contributed by atoms with van der Waals surface area (Å²) in [5.74, 6) is 0. The molecule has 0 atom stereocenters. The summed E-state index contributed by atoms with van der Waals surface area (Å²) in [5, 5.41) is 0. The van der Waals surface area contributed by atoms with Crippen molar-refractivity contribution in [2.24, 2.45) is 4.99 Å². The van der Waals surface area contributed by atoms with Gasteiger partial charge in [0, 0.05) is 0 Å². The van der Waals surface area contributed by atoms with Gasteiger partial charge >= 0.3 is 0 Å². The Labute approximate surface area is 41.1 Å². The van der Waals surface area contributed by atoms with Crippen molar-refractivity contribution in [3.63, 3.8) is 0 Å². The fourth-order valence-corrected chi connectivity index (χ4v) is 0.184. The summed E-state index contributed by atoms with van der Waals surface area (Å²) in [6, 6.07) is 0. The van der Waals surface area contributed by atoms with Gasteiger partial charge in [-0.2, -0.15) is 0 Å². The van der Waals surface area contributed by atoms with Crippen LogP contribution in [0.1, 0.15) is 6.42 Å². The molecule has 0 saturated carbocycles. The van der Waals surface area contributed by atoms with Crippen molar-refractivity contribution in [2.75, 3.05) is 13.2 Å². The standard InChI is InChI=1S/C4H6FNO/c5-2-1-3-6-4-7/h1-3H2. The van der Waals surface area contributed by atoms with Crippen molar-refractivity contribution in [1.29, 1.82) is 0 Å². The first-order valence-electron chi connectivity index (χ1n) is 2.01. The molecule has 0 aromatic carbocycles. The van der Waals surface area contributed by atoms with Crippen LogP contribution in [0.15, 0.2) is 4.99 Å². The van der Waals surface area contributed by atoms with Gasteiger partial charge in [0.05, 0.1) is 13.2 Å². The van der Waals surface area contributed by atoms with Gasteiger partial charge in [0.15, 0.2) is 0 Å². The van der Waals surface area contributed by atoms with Crippen LogP contribution in [0, 0.1) is 0 Å². The van der Waals surface area contributed by atoms with Crippen molar-refractivity contribution in [3.05, 3.63) is 0 Å². The zero-order chi connectivity index (χ0) is 5.54. The topological polar surface area (TPSA) is 29.4 Å². The fraction of sp³-hybridized carbons (Fsp3) is 0.750. The summed E-state index contributed by atoms with van der Waals surface area (Å²) in [7, 11) is 0. The van der Waals surface area contributed by atoms with Crippen molar-refractivity contribution in [1.82, 2.24) is 0 Å². The van der Waals surface area contributed by atoms with Crippen molar-refractivity contribution in [2.45, 2.75) is 6.42 Å². The summed E-state index contributed by atoms with van der Waals surface area (Å²) in [5.41, 5.74) is 0. The van der Waals surface area contributed by atoms with E-state index in [-0.39, 0.29) is 6.54 Å². The molecule has 2 nitrogen and oxygen atoms in total. The van der Waals surface area contributed by atoms with E-state index in [1.54, 1.807) is 0 Å². The van der Waals surface area contributed by atoms with Gasteiger partial charge in [-0.15, -0.1) is 0 Å². The average Bonchev–Trinajstić information content (AvgIpc) is 1.69. The second kappa shape index (κ2) is 5.31. The number of carbonyl (C=O) groups excluding carboxylic acids is 1. The SMILES string of the molecule is O=C=NCCCF. The van der Waals surface area contributed by atoms with Crippen molar-refractivity contribution >= 4 is 6.08 Å². The van der Waals surface area contributed by atoms with E-state index in [1.807, 2.05) is 0 Å². The lowest BCUT2D eigenvalue weighted by Gasteiger charge is -1.78. The van der Waals surface area contributed by atoms with E-state index >= 15 is 0 Å². The normalized spacial score (nSPS) is 7.57. The van der Waals surface area contributed by atoms with Gasteiger partial charge < -0.3 is 0 Å². The quantitative estimate of drug-likeness (QED) is 0.293. The molecule has 0 heterocycles. The lowest BCUT2D eigenvalue weighted by Crippen LogP contribution is -1.79. The van der Waals surface area contributed by atoms with Gasteiger partial charge in [-0.3, -0.25) is 4.39 Å². The molecular formula is C4H6FNO. The molecule has 3 heteroatoms. The molecule has 0 amide bonds. The van der Waals surface area contributed by atoms with E-state index in [9.17, 15) is 9.18 Å². The van der Waals surface area contributed by atoms with E-state index in [2.05, 4.69) is 4.99 Å². The Hall–Kier alpha value is -0.690. The van der Waals surface area contributed by atoms with Gasteiger partial charge in [-0.25, -0.2) is 9.79 Å². The molecule has 0 N–H and O–H groups in total. The minimum atomic E-state index is -0.412. The molecule has 7 heavy (non-hydrogen) atoms. The number of nitrogens with zero attached hydrogens (tertiary/aromatic N) is 1. The minimum Gasteiger partial charge on any atom is -0.251 e. The Morgan fingerprint density at radius 3 is 2.86 bits per heavy atom. The van der Waals surface area contributed by atoms with Crippen LogP contribution >= 0.6 is 0 Å². The number of alkyl halides is 1. The Morgan fingerprint density at radius 1 is 1.71 bits per heavy atom. The third kappa shape index (κ3) is 5.31. The van der Waals surface area contributed by atoms with Gasteiger partial charge in [0.25, 0.3) is 0 Å². The van der Waals surface area contributed by atoms with E-state index < -0.39 is 6.67 Å². The number of halogens is 1. The van der Waals surface area contributed by atoms with Crippen LogP contribution in [-0.4, -0.2) is 19.3 Å². The lowest BCUT2D eigenvalue weighted by molar-refractivity contribution is 0.476. The van der Waals surface area contributed by atoms with Crippen LogP contribution in [-0.2, 0) is 4.79 Å². The second-order valence-corrected chi connectivity index (χ2v) is 1.02. The highest BCUT2D eigenvalue weighted by atomic mass is 19.1. The lowest BCUT2D eigenvalue weighted by atomic mass is 10.5. The predicted octanol–water partition coefficient (Wildman–Crippen LogP) is 0.682. The first-order chi connectivity index (χ1) is 3.41. The molecule has 40 valence electrons. The highest BCUT2D eigenvalue weighted by Gasteiger charge is 1.77. The molecule has 0 radical (unpaired) electrons. The van der Waals surface area contributed by atoms with Crippen LogP contribution in [0.3, 0.4) is 0 Å². The summed E-state index contributed by atoms with van der Waals surface area (Å²) in [6.07, 6.45) is 1.64. The highest BCUT2D eigenvalue weighted by molar-refractivity contribution is 5.32. The van der Waals surface area contributed by atoms with Crippen LogP contribution < -0.4 is 0 Å². The first-order valence-corrected chi connectivity index (χ1v) is 2.01. The zero-order valence-corrected chi connectivity index (χ0v) is 3.85. The summed E-state index contributed by atoms with van der Waals surface area (Å²) >= 11 is 0. The number of isocyanates is 1. The Balaban J connectivity index is 2.83. The van der Waals surface area contributed by atoms with E-state index in [1.165, 1.54) is 6.08 Å². The van der Waals surface area contributed by atoms with Crippen LogP contribution in [0.4, 0.5) is 4.39 Å². The fourth-order valence-electron chi connectivity index (χ4n) is 0.184. The van der Waals surface area contributed by atoms with E-state index in [0.717, 1.165) is 0 Å². The Bertz CT molecular complexity index is 77.8. The summed E-state index contributed by atoms with van der Waals surface area (Å²) in [4.78, 5) is 12.4. The molecule has 0 spiro atoms. The minimum absolute atomic E-state index is 0.264. The molecule has 0 fully saturated rings. The predicted molar refractivity (Wildman–Crippen MR) is 23.6 cm³/mol. The van der Waals surface area contributed by atoms with Gasteiger partial charge in [0.2, 0.25) is 6.08 Å². The van der Waals surface area contributed by atoms with Crippen LogP contribution in [0.25, 0.3) is 0 Å². The van der Waals surface area contributed by atoms with E-state index in [0.29, 0.717) is 6.42 Å². The molecule has 0 bridgehead atoms. The third-order valence-corrected chi connectivity index (χ3v) is 0.468. The summed E-state index contributed by atoms with van der Waals surface area (Å²) in [6.45, 7) is -0.148. The number of hydrogen-bond acceptors (Lipinski definition) is 2.